The van der Waals surface area contributed by atoms with E-state index in [4.69, 9.17) is 0 Å². The second kappa shape index (κ2) is 10.3. The van der Waals surface area contributed by atoms with Gasteiger partial charge in [0, 0.05) is 18.0 Å². The minimum Gasteiger partial charge on any atom is -0.354 e. The second-order valence-corrected chi connectivity index (χ2v) is 8.51. The zero-order chi connectivity index (χ0) is 22.4. The molecule has 3 N–H and O–H groups in total. The molecule has 0 aliphatic carbocycles. The van der Waals surface area contributed by atoms with Crippen LogP contribution in [0.25, 0.3) is 0 Å². The number of hydrogen-bond acceptors (Lipinski definition) is 5. The van der Waals surface area contributed by atoms with Gasteiger partial charge in [-0.25, -0.2) is 14.2 Å². The molecule has 2 aromatic rings. The summed E-state index contributed by atoms with van der Waals surface area (Å²) >= 11 is 1.25. The average molecular weight is 448 g/mol. The van der Waals surface area contributed by atoms with Gasteiger partial charge in [-0.3, -0.25) is 9.59 Å². The van der Waals surface area contributed by atoms with Crippen LogP contribution in [0.4, 0.5) is 14.9 Å². The van der Waals surface area contributed by atoms with Crippen molar-refractivity contribution in [3.05, 3.63) is 46.2 Å². The van der Waals surface area contributed by atoms with Crippen molar-refractivity contribution in [3.63, 3.8) is 0 Å². The quantitative estimate of drug-likeness (QED) is 0.633. The van der Waals surface area contributed by atoms with Gasteiger partial charge in [0.05, 0.1) is 12.2 Å². The average Bonchev–Trinajstić information content (AvgIpc) is 3.12. The molecule has 1 fully saturated rings. The van der Waals surface area contributed by atoms with Crippen LogP contribution in [0.15, 0.2) is 29.6 Å². The van der Waals surface area contributed by atoms with Crippen molar-refractivity contribution >= 4 is 34.9 Å². The van der Waals surface area contributed by atoms with Crippen LogP contribution in [-0.2, 0) is 11.3 Å². The van der Waals surface area contributed by atoms with Gasteiger partial charge in [0.25, 0.3) is 5.91 Å². The Morgan fingerprint density at radius 2 is 2.10 bits per heavy atom. The number of hydrogen-bond donors (Lipinski definition) is 3. The molecule has 0 saturated carbocycles. The number of nitrogens with zero attached hydrogens (tertiary/aromatic N) is 2. The molecule has 1 atom stereocenters. The lowest BCUT2D eigenvalue weighted by molar-refractivity contribution is -0.122. The summed E-state index contributed by atoms with van der Waals surface area (Å²) in [5.74, 6) is -1.12. The van der Waals surface area contributed by atoms with Crippen LogP contribution in [0, 0.1) is 5.82 Å². The molecule has 166 valence electrons. The minimum atomic E-state index is -0.571. The highest BCUT2D eigenvalue weighted by Gasteiger charge is 2.25. The van der Waals surface area contributed by atoms with Crippen LogP contribution in [0.5, 0.6) is 0 Å². The van der Waals surface area contributed by atoms with E-state index < -0.39 is 23.8 Å². The minimum absolute atomic E-state index is 0.0963. The van der Waals surface area contributed by atoms with E-state index in [1.165, 1.54) is 28.4 Å². The Kier molecular flexibility index (Phi) is 7.56. The van der Waals surface area contributed by atoms with Gasteiger partial charge in [-0.1, -0.05) is 12.1 Å². The summed E-state index contributed by atoms with van der Waals surface area (Å²) in [6.45, 7) is 4.46. The highest BCUT2D eigenvalue weighted by Crippen LogP contribution is 2.18. The van der Waals surface area contributed by atoms with Crippen molar-refractivity contribution in [2.75, 3.05) is 11.9 Å². The van der Waals surface area contributed by atoms with Crippen LogP contribution in [-0.4, -0.2) is 46.4 Å². The second-order valence-electron chi connectivity index (χ2n) is 7.57. The summed E-state index contributed by atoms with van der Waals surface area (Å²) < 4.78 is 13.9. The zero-order valence-electron chi connectivity index (χ0n) is 17.5. The van der Waals surface area contributed by atoms with E-state index in [-0.39, 0.29) is 29.9 Å². The SMILES string of the molecule is CC(C)N(Cc1nc(C(=O)NC2CCCCNC2=O)cs1)C(=O)Nc1ccccc1F. The van der Waals surface area contributed by atoms with E-state index in [9.17, 15) is 18.8 Å². The van der Waals surface area contributed by atoms with E-state index in [1.807, 2.05) is 13.8 Å². The Morgan fingerprint density at radius 3 is 2.84 bits per heavy atom. The highest BCUT2D eigenvalue weighted by atomic mass is 32.1. The maximum Gasteiger partial charge on any atom is 0.322 e. The van der Waals surface area contributed by atoms with E-state index in [0.29, 0.717) is 18.0 Å². The van der Waals surface area contributed by atoms with Gasteiger partial charge in [0.15, 0.2) is 0 Å². The van der Waals surface area contributed by atoms with Gasteiger partial charge in [0.2, 0.25) is 5.91 Å². The van der Waals surface area contributed by atoms with Crippen molar-refractivity contribution in [1.82, 2.24) is 20.5 Å². The summed E-state index contributed by atoms with van der Waals surface area (Å²) in [5.41, 5.74) is 0.300. The summed E-state index contributed by atoms with van der Waals surface area (Å²) in [6, 6.07) is 4.74. The van der Waals surface area contributed by atoms with Gasteiger partial charge in [-0.05, 0) is 45.2 Å². The van der Waals surface area contributed by atoms with E-state index in [2.05, 4.69) is 20.9 Å². The summed E-state index contributed by atoms with van der Waals surface area (Å²) in [5, 5.41) is 10.3. The third-order valence-corrected chi connectivity index (χ3v) is 5.76. The fourth-order valence-electron chi connectivity index (χ4n) is 3.18. The molecule has 2 heterocycles. The van der Waals surface area contributed by atoms with Crippen molar-refractivity contribution in [1.29, 1.82) is 0 Å². The third kappa shape index (κ3) is 6.00. The standard InChI is InChI=1S/C21H26FN5O3S/c1-13(2)27(21(30)26-15-8-4-3-7-14(15)22)11-18-24-17(12-31-18)20(29)25-16-9-5-6-10-23-19(16)28/h3-4,7-8,12-13,16H,5-6,9-11H2,1-2H3,(H,23,28)(H,25,29)(H,26,30). The largest absolute Gasteiger partial charge is 0.354 e. The summed E-state index contributed by atoms with van der Waals surface area (Å²) in [4.78, 5) is 43.1. The maximum atomic E-state index is 13.9. The van der Waals surface area contributed by atoms with Crippen molar-refractivity contribution in [3.8, 4) is 0 Å². The third-order valence-electron chi connectivity index (χ3n) is 4.93. The van der Waals surface area contributed by atoms with E-state index in [1.54, 1.807) is 17.5 Å². The number of benzene rings is 1. The van der Waals surface area contributed by atoms with Gasteiger partial charge in [-0.15, -0.1) is 11.3 Å². The molecule has 1 saturated heterocycles. The Morgan fingerprint density at radius 1 is 1.32 bits per heavy atom. The number of urea groups is 1. The molecule has 8 nitrogen and oxygen atoms in total. The Labute approximate surface area is 184 Å². The number of para-hydroxylation sites is 1. The van der Waals surface area contributed by atoms with Crippen LogP contribution in [0.3, 0.4) is 0 Å². The smallest absolute Gasteiger partial charge is 0.322 e. The highest BCUT2D eigenvalue weighted by molar-refractivity contribution is 7.09. The Balaban J connectivity index is 1.64. The molecule has 1 aliphatic heterocycles. The van der Waals surface area contributed by atoms with Crippen molar-refractivity contribution in [2.45, 2.75) is 51.7 Å². The molecule has 0 bridgehead atoms. The van der Waals surface area contributed by atoms with Crippen LogP contribution in [0.1, 0.15) is 48.6 Å². The number of amides is 4. The number of anilines is 1. The number of carbonyl (C=O) groups excluding carboxylic acids is 3. The van der Waals surface area contributed by atoms with Crippen molar-refractivity contribution in [2.24, 2.45) is 0 Å². The Hall–Kier alpha value is -3.01. The number of rotatable bonds is 6. The van der Waals surface area contributed by atoms with E-state index >= 15 is 0 Å². The van der Waals surface area contributed by atoms with Gasteiger partial charge >= 0.3 is 6.03 Å². The lowest BCUT2D eigenvalue weighted by Gasteiger charge is -2.26. The Bertz CT molecular complexity index is 949. The topological polar surface area (TPSA) is 103 Å². The lowest BCUT2D eigenvalue weighted by Crippen LogP contribution is -2.45. The molecule has 1 aromatic heterocycles. The number of nitrogens with one attached hydrogen (secondary N) is 3. The van der Waals surface area contributed by atoms with Crippen LogP contribution in [0.2, 0.25) is 0 Å². The van der Waals surface area contributed by atoms with Gasteiger partial charge < -0.3 is 20.9 Å². The predicted molar refractivity (Wildman–Crippen MR) is 116 cm³/mol. The number of carbonyl (C=O) groups is 3. The molecular formula is C21H26FN5O3S. The van der Waals surface area contributed by atoms with Crippen molar-refractivity contribution < 1.29 is 18.8 Å². The lowest BCUT2D eigenvalue weighted by atomic mass is 10.1. The number of aromatic nitrogens is 1. The number of thiazole rings is 1. The van der Waals surface area contributed by atoms with Gasteiger partial charge in [-0.2, -0.15) is 0 Å². The first-order valence-electron chi connectivity index (χ1n) is 10.2. The van der Waals surface area contributed by atoms with Crippen LogP contribution < -0.4 is 16.0 Å². The molecule has 1 unspecified atom stereocenters. The molecule has 1 aliphatic rings. The fraction of sp³-hybridized carbons (Fsp3) is 0.429. The normalized spacial score (nSPS) is 16.4. The number of halogens is 1. The molecule has 31 heavy (non-hydrogen) atoms. The molecule has 10 heteroatoms. The first-order valence-corrected chi connectivity index (χ1v) is 11.1. The monoisotopic (exact) mass is 447 g/mol. The van der Waals surface area contributed by atoms with Gasteiger partial charge in [0.1, 0.15) is 22.6 Å². The maximum absolute atomic E-state index is 13.9. The predicted octanol–water partition coefficient (Wildman–Crippen LogP) is 3.12. The first-order chi connectivity index (χ1) is 14.8. The molecule has 0 radical (unpaired) electrons. The fourth-order valence-corrected chi connectivity index (χ4v) is 3.95. The van der Waals surface area contributed by atoms with E-state index in [0.717, 1.165) is 12.8 Å². The first kappa shape index (κ1) is 22.7. The summed E-state index contributed by atoms with van der Waals surface area (Å²) in [6.07, 6.45) is 2.33. The zero-order valence-corrected chi connectivity index (χ0v) is 18.3. The molecule has 3 rings (SSSR count). The summed E-state index contributed by atoms with van der Waals surface area (Å²) in [7, 11) is 0. The van der Waals surface area contributed by atoms with Crippen LogP contribution >= 0.6 is 11.3 Å². The molecule has 4 amide bonds. The molecule has 1 aromatic carbocycles. The molecular weight excluding hydrogens is 421 g/mol. The molecule has 0 spiro atoms.